The van der Waals surface area contributed by atoms with E-state index < -0.39 is 17.2 Å². The van der Waals surface area contributed by atoms with Crippen LogP contribution in [0.1, 0.15) is 17.2 Å². The molecular formula is C21H18N4O7-2. The number of hydrazone groups is 1. The van der Waals surface area contributed by atoms with Crippen molar-refractivity contribution in [3.63, 3.8) is 0 Å². The number of aliphatic hydroxyl groups is 1. The van der Waals surface area contributed by atoms with Gasteiger partial charge >= 0.3 is 0 Å². The molecule has 0 unspecified atom stereocenters. The first-order chi connectivity index (χ1) is 15.3. The number of anilines is 2. The number of hydrogen-bond acceptors (Lipinski definition) is 10. The van der Waals surface area contributed by atoms with E-state index in [0.717, 1.165) is 12.1 Å². The van der Waals surface area contributed by atoms with Gasteiger partial charge in [-0.15, -0.1) is 5.23 Å². The van der Waals surface area contributed by atoms with Gasteiger partial charge in [-0.05, 0) is 41.5 Å². The van der Waals surface area contributed by atoms with Gasteiger partial charge in [-0.1, -0.05) is 42.5 Å². The highest BCUT2D eigenvalue weighted by molar-refractivity contribution is 5.85. The van der Waals surface area contributed by atoms with Gasteiger partial charge in [0.1, 0.15) is 11.4 Å². The molecule has 3 aromatic rings. The van der Waals surface area contributed by atoms with Crippen LogP contribution >= 0.6 is 0 Å². The van der Waals surface area contributed by atoms with Gasteiger partial charge in [0.25, 0.3) is 5.91 Å². The molecule has 3 rings (SSSR count). The monoisotopic (exact) mass is 438 g/mol. The fourth-order valence-corrected chi connectivity index (χ4v) is 2.67. The number of nitrogens with one attached hydrogen (secondary N) is 1. The van der Waals surface area contributed by atoms with Gasteiger partial charge in [-0.3, -0.25) is 15.2 Å². The average Bonchev–Trinajstić information content (AvgIpc) is 2.79. The Hall–Kier alpha value is -4.00. The Labute approximate surface area is 182 Å². The molecule has 11 nitrogen and oxygen atoms in total. The summed E-state index contributed by atoms with van der Waals surface area (Å²) in [7, 11) is 0. The first kappa shape index (κ1) is 22.7. The molecular weight excluding hydrogens is 420 g/mol. The third-order valence-electron chi connectivity index (χ3n) is 4.21. The largest absolute Gasteiger partial charge is 0.769 e. The zero-order valence-corrected chi connectivity index (χ0v) is 16.4. The fraction of sp³-hybridized carbons (Fsp3) is 0.0476. The Morgan fingerprint density at radius 3 is 2.47 bits per heavy atom. The maximum Gasteiger partial charge on any atom is 0.273 e. The highest BCUT2D eigenvalue weighted by Gasteiger charge is 2.16. The number of amides is 1. The van der Waals surface area contributed by atoms with E-state index in [2.05, 4.69) is 10.5 Å². The molecule has 0 radical (unpaired) electrons. The third-order valence-corrected chi connectivity index (χ3v) is 4.21. The van der Waals surface area contributed by atoms with Crippen molar-refractivity contribution in [2.24, 2.45) is 5.10 Å². The summed E-state index contributed by atoms with van der Waals surface area (Å²) >= 11 is 0. The van der Waals surface area contributed by atoms with E-state index in [-0.39, 0.29) is 28.1 Å². The zero-order valence-electron chi connectivity index (χ0n) is 16.4. The fourth-order valence-electron chi connectivity index (χ4n) is 2.67. The number of nitrogens with zero attached hydrogens (tertiary/aromatic N) is 3. The standard InChI is InChI=1S/C21H18N4O7/c26-20(15-6-2-1-3-7-15)21(27)23-22-13-14-5-4-8-17(11-14)32-19-10-9-16(24(28)29)12-18(19)25(30)31/h1-13,20,26,30-31H,(H,23,27)/q-2/t20-/m1/s1. The number of hydrogen-bond donors (Lipinski definition) is 4. The second-order valence-electron chi connectivity index (χ2n) is 6.42. The summed E-state index contributed by atoms with van der Waals surface area (Å²) in [5, 5.41) is 53.3. The Morgan fingerprint density at radius 2 is 1.78 bits per heavy atom. The van der Waals surface area contributed by atoms with Crippen molar-refractivity contribution in [3.8, 4) is 11.5 Å². The maximum atomic E-state index is 12.0. The normalized spacial score (nSPS) is 11.8. The molecule has 0 saturated heterocycles. The van der Waals surface area contributed by atoms with E-state index >= 15 is 0 Å². The van der Waals surface area contributed by atoms with Gasteiger partial charge in [-0.2, -0.15) is 5.10 Å². The molecule has 0 aliphatic heterocycles. The van der Waals surface area contributed by atoms with E-state index in [1.165, 1.54) is 18.3 Å². The first-order valence-corrected chi connectivity index (χ1v) is 9.15. The van der Waals surface area contributed by atoms with Crippen molar-refractivity contribution in [1.29, 1.82) is 0 Å². The van der Waals surface area contributed by atoms with Crippen LogP contribution < -0.4 is 20.6 Å². The van der Waals surface area contributed by atoms with Gasteiger partial charge in [0, 0.05) is 5.69 Å². The van der Waals surface area contributed by atoms with Crippen molar-refractivity contribution in [2.45, 2.75) is 6.10 Å². The van der Waals surface area contributed by atoms with Crippen LogP contribution in [0.3, 0.4) is 0 Å². The summed E-state index contributed by atoms with van der Waals surface area (Å²) in [5.41, 5.74) is 2.50. The molecule has 1 amide bonds. The van der Waals surface area contributed by atoms with Crippen molar-refractivity contribution in [2.75, 3.05) is 10.5 Å². The quantitative estimate of drug-likeness (QED) is 0.305. The van der Waals surface area contributed by atoms with E-state index in [0.29, 0.717) is 11.1 Å². The van der Waals surface area contributed by atoms with E-state index in [9.17, 15) is 30.7 Å². The number of carbonyl (C=O) groups is 1. The molecule has 11 heteroatoms. The van der Waals surface area contributed by atoms with Crippen molar-refractivity contribution in [1.82, 2.24) is 5.43 Å². The van der Waals surface area contributed by atoms with Gasteiger partial charge in [0.2, 0.25) is 0 Å². The number of rotatable bonds is 8. The van der Waals surface area contributed by atoms with Crippen LogP contribution in [-0.4, -0.2) is 27.6 Å². The average molecular weight is 438 g/mol. The molecule has 0 heterocycles. The highest BCUT2D eigenvalue weighted by Crippen LogP contribution is 2.34. The smallest absolute Gasteiger partial charge is 0.273 e. The minimum absolute atomic E-state index is 0.0472. The van der Waals surface area contributed by atoms with Gasteiger partial charge in [0.15, 0.2) is 11.9 Å². The van der Waals surface area contributed by atoms with Crippen molar-refractivity contribution < 1.29 is 25.1 Å². The van der Waals surface area contributed by atoms with Gasteiger partial charge < -0.3 is 25.5 Å². The predicted molar refractivity (Wildman–Crippen MR) is 115 cm³/mol. The Balaban J connectivity index is 1.69. The SMILES string of the molecule is O=C(NN=Cc1cccc(Oc2ccc(N([O-])[O-])cc2N(O)O)c1)[C@H](O)c1ccccc1. The summed E-state index contributed by atoms with van der Waals surface area (Å²) in [6, 6.07) is 18.1. The highest BCUT2D eigenvalue weighted by atomic mass is 16.8. The summed E-state index contributed by atoms with van der Waals surface area (Å²) in [6.45, 7) is 0. The number of carbonyl (C=O) groups excluding carboxylic acids is 1. The first-order valence-electron chi connectivity index (χ1n) is 9.15. The van der Waals surface area contributed by atoms with E-state index in [1.807, 2.05) is 0 Å². The predicted octanol–water partition coefficient (Wildman–Crippen LogP) is 3.05. The summed E-state index contributed by atoms with van der Waals surface area (Å²) < 4.78 is 5.60. The van der Waals surface area contributed by atoms with Crippen LogP contribution in [0, 0.1) is 10.4 Å². The third kappa shape index (κ3) is 5.78. The summed E-state index contributed by atoms with van der Waals surface area (Å²) in [6.07, 6.45) is -0.0487. The van der Waals surface area contributed by atoms with Gasteiger partial charge in [0.05, 0.1) is 6.21 Å². The lowest BCUT2D eigenvalue weighted by Crippen LogP contribution is -2.25. The lowest BCUT2D eigenvalue weighted by molar-refractivity contribution is -0.129. The topological polar surface area (TPSA) is 164 Å². The molecule has 0 saturated carbocycles. The molecule has 0 spiro atoms. The molecule has 1 atom stereocenters. The van der Waals surface area contributed by atoms with Crippen LogP contribution in [0.25, 0.3) is 0 Å². The van der Waals surface area contributed by atoms with Crippen LogP contribution in [0.15, 0.2) is 77.9 Å². The van der Waals surface area contributed by atoms with E-state index in [1.54, 1.807) is 48.5 Å². The lowest BCUT2D eigenvalue weighted by atomic mass is 10.1. The van der Waals surface area contributed by atoms with E-state index in [4.69, 9.17) is 4.74 Å². The Bertz CT molecular complexity index is 1090. The Kier molecular flexibility index (Phi) is 7.33. The second-order valence-corrected chi connectivity index (χ2v) is 6.42. The minimum atomic E-state index is -1.37. The molecule has 166 valence electrons. The van der Waals surface area contributed by atoms with Crippen LogP contribution in [0.4, 0.5) is 11.4 Å². The molecule has 0 fully saturated rings. The van der Waals surface area contributed by atoms with Crippen LogP contribution in [0.5, 0.6) is 11.5 Å². The van der Waals surface area contributed by atoms with Gasteiger partial charge in [-0.25, -0.2) is 5.43 Å². The lowest BCUT2D eigenvalue weighted by Gasteiger charge is -2.37. The molecule has 0 aromatic heterocycles. The summed E-state index contributed by atoms with van der Waals surface area (Å²) in [4.78, 5) is 12.0. The molecule has 3 aromatic carbocycles. The van der Waals surface area contributed by atoms with Crippen molar-refractivity contribution >= 4 is 23.5 Å². The molecule has 0 aliphatic rings. The molecule has 0 aliphatic carbocycles. The summed E-state index contributed by atoms with van der Waals surface area (Å²) in [5.74, 6) is -0.489. The number of aliphatic hydroxyl groups excluding tert-OH is 1. The Morgan fingerprint density at radius 1 is 1.03 bits per heavy atom. The zero-order chi connectivity index (χ0) is 23.1. The second kappa shape index (κ2) is 10.3. The van der Waals surface area contributed by atoms with Crippen molar-refractivity contribution in [3.05, 3.63) is 94.3 Å². The van der Waals surface area contributed by atoms with Crippen LogP contribution in [-0.2, 0) is 4.79 Å². The maximum absolute atomic E-state index is 12.0. The van der Waals surface area contributed by atoms with Crippen LogP contribution in [0.2, 0.25) is 0 Å². The number of benzene rings is 3. The molecule has 4 N–H and O–H groups in total. The minimum Gasteiger partial charge on any atom is -0.769 e. The molecule has 32 heavy (non-hydrogen) atoms. The molecule has 0 bridgehead atoms. The number of ether oxygens (including phenoxy) is 1.